The Labute approximate surface area is 254 Å². The zero-order valence-electron chi connectivity index (χ0n) is 23.4. The summed E-state index contributed by atoms with van der Waals surface area (Å²) in [5, 5.41) is 5.51. The Morgan fingerprint density at radius 1 is 1.09 bits per heavy atom. The summed E-state index contributed by atoms with van der Waals surface area (Å²) in [6, 6.07) is 13.6. The number of aryl methyl sites for hydroxylation is 2. The molecule has 0 bridgehead atoms. The van der Waals surface area contributed by atoms with Crippen molar-refractivity contribution in [2.45, 2.75) is 20.0 Å². The molecule has 216 valence electrons. The number of pyridine rings is 1. The Kier molecular flexibility index (Phi) is 6.99. The van der Waals surface area contributed by atoms with Crippen LogP contribution < -0.4 is 19.5 Å². The van der Waals surface area contributed by atoms with Gasteiger partial charge in [0.15, 0.2) is 17.6 Å². The number of nitrogens with one attached hydrogen (secondary N) is 1. The number of hydrogen-bond acceptors (Lipinski definition) is 11. The van der Waals surface area contributed by atoms with Gasteiger partial charge >= 0.3 is 6.09 Å². The Bertz CT molecular complexity index is 1980. The van der Waals surface area contributed by atoms with E-state index < -0.39 is 12.2 Å². The average Bonchev–Trinajstić information content (AvgIpc) is 3.71. The highest BCUT2D eigenvalue weighted by molar-refractivity contribution is 7.22. The van der Waals surface area contributed by atoms with Gasteiger partial charge in [-0.15, -0.1) is 22.7 Å². The van der Waals surface area contributed by atoms with E-state index in [9.17, 15) is 4.79 Å². The molecule has 1 atom stereocenters. The summed E-state index contributed by atoms with van der Waals surface area (Å²) in [6.45, 7) is 4.25. The molecule has 1 amide bonds. The van der Waals surface area contributed by atoms with Gasteiger partial charge in [0.25, 0.3) is 0 Å². The van der Waals surface area contributed by atoms with E-state index in [0.29, 0.717) is 23.1 Å². The Morgan fingerprint density at radius 2 is 2.00 bits per heavy atom. The van der Waals surface area contributed by atoms with Crippen molar-refractivity contribution in [3.63, 3.8) is 0 Å². The monoisotopic (exact) mass is 611 g/mol. The van der Waals surface area contributed by atoms with Crippen LogP contribution in [0, 0.1) is 13.8 Å². The normalized spacial score (nSPS) is 14.2. The fourth-order valence-electron chi connectivity index (χ4n) is 4.86. The van der Waals surface area contributed by atoms with Crippen LogP contribution in [-0.4, -0.2) is 52.5 Å². The third-order valence-electron chi connectivity index (χ3n) is 6.88. The molecule has 0 saturated heterocycles. The first-order valence-corrected chi connectivity index (χ1v) is 15.1. The van der Waals surface area contributed by atoms with Crippen LogP contribution >= 0.6 is 22.7 Å². The summed E-state index contributed by atoms with van der Waals surface area (Å²) in [6.07, 6.45) is 2.16. The number of carbonyl (C=O) groups excluding carboxylic acids is 1. The van der Waals surface area contributed by atoms with Gasteiger partial charge < -0.3 is 18.9 Å². The molecule has 6 aromatic rings. The van der Waals surface area contributed by atoms with E-state index in [1.54, 1.807) is 36.9 Å². The summed E-state index contributed by atoms with van der Waals surface area (Å²) in [4.78, 5) is 32.1. The molecule has 12 heteroatoms. The maximum Gasteiger partial charge on any atom is 0.411 e. The second-order valence-electron chi connectivity index (χ2n) is 9.99. The van der Waals surface area contributed by atoms with Gasteiger partial charge in [0.2, 0.25) is 5.88 Å². The number of carbonyl (C=O) groups is 1. The lowest BCUT2D eigenvalue weighted by atomic mass is 10.1. The molecule has 0 fully saturated rings. The number of nitrogens with zero attached hydrogens (tertiary/aromatic N) is 4. The van der Waals surface area contributed by atoms with Gasteiger partial charge in [-0.3, -0.25) is 10.3 Å². The van der Waals surface area contributed by atoms with Crippen LogP contribution in [0.25, 0.3) is 42.4 Å². The minimum absolute atomic E-state index is 0.0222. The molecular formula is C31H25N5O5S2. The first kappa shape index (κ1) is 27.0. The summed E-state index contributed by atoms with van der Waals surface area (Å²) in [5.74, 6) is 1.68. The van der Waals surface area contributed by atoms with E-state index in [-0.39, 0.29) is 13.2 Å². The molecule has 7 rings (SSSR count). The Balaban J connectivity index is 1.06. The van der Waals surface area contributed by atoms with Crippen molar-refractivity contribution in [3.8, 4) is 38.5 Å². The van der Waals surface area contributed by atoms with Gasteiger partial charge in [0, 0.05) is 5.56 Å². The third kappa shape index (κ3) is 5.30. The number of amides is 1. The van der Waals surface area contributed by atoms with Crippen molar-refractivity contribution in [1.82, 2.24) is 19.9 Å². The maximum atomic E-state index is 12.5. The van der Waals surface area contributed by atoms with E-state index in [1.807, 2.05) is 49.6 Å². The number of hydrogen-bond donors (Lipinski definition) is 1. The van der Waals surface area contributed by atoms with Gasteiger partial charge in [-0.2, -0.15) is 0 Å². The Hall–Kier alpha value is -4.81. The molecule has 0 unspecified atom stereocenters. The molecule has 0 saturated carbocycles. The van der Waals surface area contributed by atoms with E-state index in [4.69, 9.17) is 23.9 Å². The molecule has 1 aliphatic rings. The van der Waals surface area contributed by atoms with Crippen LogP contribution in [0.1, 0.15) is 11.1 Å². The molecule has 0 radical (unpaired) electrons. The van der Waals surface area contributed by atoms with Crippen LogP contribution in [0.2, 0.25) is 0 Å². The SMILES string of the molecule is COc1cnc2c(-c3nc4c(C)cc5c(c4s3)OC[C@H](COC(=O)Nc3ccc(-c4cccs4)nc3)O5)cc(C)cc2n1. The molecule has 10 nitrogen and oxygen atoms in total. The summed E-state index contributed by atoms with van der Waals surface area (Å²) < 4.78 is 24.0. The van der Waals surface area contributed by atoms with Crippen LogP contribution in [0.4, 0.5) is 10.5 Å². The van der Waals surface area contributed by atoms with Gasteiger partial charge in [0.1, 0.15) is 22.9 Å². The van der Waals surface area contributed by atoms with Crippen LogP contribution in [0.5, 0.6) is 17.4 Å². The number of fused-ring (bicyclic) bond motifs is 4. The molecule has 0 spiro atoms. The first-order chi connectivity index (χ1) is 20.9. The average molecular weight is 612 g/mol. The molecule has 1 aliphatic heterocycles. The predicted molar refractivity (Wildman–Crippen MR) is 167 cm³/mol. The topological polar surface area (TPSA) is 118 Å². The van der Waals surface area contributed by atoms with Crippen molar-refractivity contribution < 1.29 is 23.7 Å². The van der Waals surface area contributed by atoms with E-state index in [0.717, 1.165) is 53.5 Å². The fourth-order valence-corrected chi connectivity index (χ4v) is 6.72. The first-order valence-electron chi connectivity index (χ1n) is 13.4. The fraction of sp³-hybridized carbons (Fsp3) is 0.194. The van der Waals surface area contributed by atoms with Crippen LogP contribution in [0.15, 0.2) is 60.2 Å². The molecule has 2 aromatic carbocycles. The standard InChI is InChI=1S/C31H25N5O5S2/c1-16-9-20(27-22(10-16)35-25(38-3)13-33-27)30-36-26-17(2)11-23-28(29(26)43-30)39-14-19(41-23)15-40-31(37)34-18-6-7-21(32-12-18)24-5-4-8-42-24/h4-13,19H,14-15H2,1-3H3,(H,34,37)/t19-/m1/s1. The van der Waals surface area contributed by atoms with E-state index >= 15 is 0 Å². The zero-order chi connectivity index (χ0) is 29.5. The largest absolute Gasteiger partial charge is 0.484 e. The number of aromatic nitrogens is 4. The predicted octanol–water partition coefficient (Wildman–Crippen LogP) is 7.04. The number of ether oxygens (including phenoxy) is 4. The van der Waals surface area contributed by atoms with Crippen molar-refractivity contribution in [1.29, 1.82) is 0 Å². The van der Waals surface area contributed by atoms with Crippen LogP contribution in [0.3, 0.4) is 0 Å². The van der Waals surface area contributed by atoms with Crippen molar-refractivity contribution in [3.05, 3.63) is 71.4 Å². The smallest absolute Gasteiger partial charge is 0.411 e. The van der Waals surface area contributed by atoms with Crippen LogP contribution in [-0.2, 0) is 4.74 Å². The maximum absolute atomic E-state index is 12.5. The van der Waals surface area contributed by atoms with Gasteiger partial charge in [-0.1, -0.05) is 6.07 Å². The number of anilines is 1. The Morgan fingerprint density at radius 3 is 2.79 bits per heavy atom. The highest BCUT2D eigenvalue weighted by Crippen LogP contribution is 2.46. The molecule has 43 heavy (non-hydrogen) atoms. The lowest BCUT2D eigenvalue weighted by molar-refractivity contribution is 0.0383. The minimum Gasteiger partial charge on any atom is -0.484 e. The highest BCUT2D eigenvalue weighted by atomic mass is 32.1. The lowest BCUT2D eigenvalue weighted by Gasteiger charge is -2.26. The summed E-state index contributed by atoms with van der Waals surface area (Å²) in [5.41, 5.74) is 6.60. The number of thiophene rings is 1. The molecule has 0 aliphatic carbocycles. The minimum atomic E-state index is -0.593. The quantitative estimate of drug-likeness (QED) is 0.211. The summed E-state index contributed by atoms with van der Waals surface area (Å²) >= 11 is 3.12. The number of methoxy groups -OCH3 is 1. The second-order valence-corrected chi connectivity index (χ2v) is 11.9. The van der Waals surface area contributed by atoms with Crippen molar-refractivity contribution in [2.24, 2.45) is 0 Å². The molecule has 4 aromatic heterocycles. The zero-order valence-corrected chi connectivity index (χ0v) is 25.0. The number of rotatable bonds is 6. The van der Waals surface area contributed by atoms with Gasteiger partial charge in [0.05, 0.1) is 52.3 Å². The third-order valence-corrected chi connectivity index (χ3v) is 8.86. The van der Waals surface area contributed by atoms with Crippen molar-refractivity contribution >= 4 is 55.7 Å². The summed E-state index contributed by atoms with van der Waals surface area (Å²) in [7, 11) is 1.57. The van der Waals surface area contributed by atoms with Crippen molar-refractivity contribution in [2.75, 3.05) is 25.6 Å². The molecule has 1 N–H and O–H groups in total. The molecule has 5 heterocycles. The number of benzene rings is 2. The van der Waals surface area contributed by atoms with Gasteiger partial charge in [-0.05, 0) is 66.8 Å². The molecular weight excluding hydrogens is 587 g/mol. The van der Waals surface area contributed by atoms with E-state index in [2.05, 4.69) is 26.3 Å². The second kappa shape index (κ2) is 11.1. The number of thiazole rings is 1. The highest BCUT2D eigenvalue weighted by Gasteiger charge is 2.27. The lowest BCUT2D eigenvalue weighted by Crippen LogP contribution is -2.35. The van der Waals surface area contributed by atoms with Gasteiger partial charge in [-0.25, -0.2) is 19.7 Å². The van der Waals surface area contributed by atoms with E-state index in [1.165, 1.54) is 11.3 Å².